The predicted octanol–water partition coefficient (Wildman–Crippen LogP) is 5.18. The second-order valence-electron chi connectivity index (χ2n) is 12.1. The first-order valence-corrected chi connectivity index (χ1v) is 16.5. The van der Waals surface area contributed by atoms with Crippen LogP contribution < -0.4 is 9.62 Å². The smallest absolute Gasteiger partial charge is 0.303 e. The normalized spacial score (nSPS) is 20.0. The van der Waals surface area contributed by atoms with Crippen molar-refractivity contribution >= 4 is 39.5 Å². The van der Waals surface area contributed by atoms with Crippen LogP contribution in [0.5, 0.6) is 0 Å². The van der Waals surface area contributed by atoms with Gasteiger partial charge in [0.15, 0.2) is 0 Å². The second-order valence-corrected chi connectivity index (χ2v) is 13.9. The molecule has 2 aliphatic heterocycles. The number of anilines is 1. The maximum absolute atomic E-state index is 14.3. The molecule has 8 nitrogen and oxygen atoms in total. The van der Waals surface area contributed by atoms with Gasteiger partial charge in [-0.25, -0.2) is 9.11 Å². The fourth-order valence-electron chi connectivity index (χ4n) is 6.30. The largest absolute Gasteiger partial charge is 0.337 e. The van der Waals surface area contributed by atoms with Crippen LogP contribution in [0, 0.1) is 5.92 Å². The van der Waals surface area contributed by atoms with E-state index < -0.39 is 22.3 Å². The standard InChI is InChI=1S/C33H41FN4O4S/c1-23-30-14-8-7-12-25(30)19-28(33(40)37-17-9-13-29(34)22-37)21-38(23)31-20-27(32(39)35-43(41,42)36(2)3)16-15-26(31)18-24-10-5-4-6-11-24/h7-8,12,14-16,19-20,24,29H,1,4-6,9-11,13,17-18,21-22H2,2-3H3,(H,35,39). The molecule has 230 valence electrons. The van der Waals surface area contributed by atoms with Crippen LogP contribution in [0.25, 0.3) is 11.8 Å². The number of carbonyl (C=O) groups excluding carboxylic acids is 2. The van der Waals surface area contributed by atoms with Crippen LogP contribution in [0.1, 0.15) is 72.0 Å². The Morgan fingerprint density at radius 2 is 1.79 bits per heavy atom. The molecule has 2 heterocycles. The van der Waals surface area contributed by atoms with Crippen molar-refractivity contribution in [2.24, 2.45) is 5.92 Å². The highest BCUT2D eigenvalue weighted by Crippen LogP contribution is 2.38. The van der Waals surface area contributed by atoms with Gasteiger partial charge in [-0.15, -0.1) is 0 Å². The molecule has 2 fully saturated rings. The number of piperidine rings is 1. The van der Waals surface area contributed by atoms with Crippen LogP contribution in [0.15, 0.2) is 54.6 Å². The molecule has 1 saturated heterocycles. The Kier molecular flexibility index (Phi) is 9.36. The number of amides is 2. The first-order chi connectivity index (χ1) is 20.5. The van der Waals surface area contributed by atoms with Crippen molar-refractivity contribution in [1.29, 1.82) is 0 Å². The molecule has 0 spiro atoms. The maximum Gasteiger partial charge on any atom is 0.303 e. The zero-order chi connectivity index (χ0) is 30.7. The minimum atomic E-state index is -4.00. The molecule has 1 saturated carbocycles. The number of fused-ring (bicyclic) bond motifs is 1. The van der Waals surface area contributed by atoms with Gasteiger partial charge in [0.2, 0.25) is 0 Å². The molecule has 43 heavy (non-hydrogen) atoms. The van der Waals surface area contributed by atoms with Crippen molar-refractivity contribution in [2.45, 2.75) is 57.5 Å². The van der Waals surface area contributed by atoms with Crippen molar-refractivity contribution in [1.82, 2.24) is 13.9 Å². The third-order valence-electron chi connectivity index (χ3n) is 8.76. The molecule has 0 aromatic heterocycles. The molecule has 2 amide bonds. The van der Waals surface area contributed by atoms with Gasteiger partial charge in [-0.1, -0.05) is 69.0 Å². The molecule has 1 N–H and O–H groups in total. The highest BCUT2D eigenvalue weighted by Gasteiger charge is 2.31. The van der Waals surface area contributed by atoms with E-state index in [2.05, 4.69) is 11.3 Å². The fraction of sp³-hybridized carbons (Fsp3) is 0.455. The summed E-state index contributed by atoms with van der Waals surface area (Å²) in [5, 5.41) is 0. The van der Waals surface area contributed by atoms with E-state index in [-0.39, 0.29) is 24.6 Å². The minimum absolute atomic E-state index is 0.0711. The Labute approximate surface area is 254 Å². The third-order valence-corrected chi connectivity index (χ3v) is 10.2. The predicted molar refractivity (Wildman–Crippen MR) is 168 cm³/mol. The summed E-state index contributed by atoms with van der Waals surface area (Å²) in [6, 6.07) is 13.0. The van der Waals surface area contributed by atoms with Crippen LogP contribution in [0.2, 0.25) is 0 Å². The average molecular weight is 609 g/mol. The maximum atomic E-state index is 14.3. The van der Waals surface area contributed by atoms with E-state index in [9.17, 15) is 22.4 Å². The van der Waals surface area contributed by atoms with Crippen LogP contribution in [0.4, 0.5) is 10.1 Å². The van der Waals surface area contributed by atoms with Crippen molar-refractivity contribution in [3.05, 3.63) is 76.9 Å². The summed E-state index contributed by atoms with van der Waals surface area (Å²) in [4.78, 5) is 30.6. The van der Waals surface area contributed by atoms with Crippen LogP contribution in [0.3, 0.4) is 0 Å². The van der Waals surface area contributed by atoms with Crippen molar-refractivity contribution in [3.63, 3.8) is 0 Å². The lowest BCUT2D eigenvalue weighted by molar-refractivity contribution is -0.129. The summed E-state index contributed by atoms with van der Waals surface area (Å²) < 4.78 is 42.3. The molecule has 2 aromatic rings. The summed E-state index contributed by atoms with van der Waals surface area (Å²) in [7, 11) is -1.29. The lowest BCUT2D eigenvalue weighted by Crippen LogP contribution is -2.43. The van der Waals surface area contributed by atoms with E-state index in [1.54, 1.807) is 17.0 Å². The van der Waals surface area contributed by atoms with Crippen molar-refractivity contribution in [3.8, 4) is 0 Å². The summed E-state index contributed by atoms with van der Waals surface area (Å²) >= 11 is 0. The highest BCUT2D eigenvalue weighted by atomic mass is 32.2. The van der Waals surface area contributed by atoms with Gasteiger partial charge in [0.05, 0.1) is 13.1 Å². The Bertz CT molecular complexity index is 1530. The van der Waals surface area contributed by atoms with Gasteiger partial charge in [-0.3, -0.25) is 9.59 Å². The number of likely N-dealkylation sites (tertiary alicyclic amines) is 1. The Morgan fingerprint density at radius 3 is 2.51 bits per heavy atom. The van der Waals surface area contributed by atoms with Crippen molar-refractivity contribution < 1.29 is 22.4 Å². The number of carbonyl (C=O) groups is 2. The minimum Gasteiger partial charge on any atom is -0.337 e. The number of hydrogen-bond donors (Lipinski definition) is 1. The van der Waals surface area contributed by atoms with Gasteiger partial charge in [-0.2, -0.15) is 12.7 Å². The van der Waals surface area contributed by atoms with Gasteiger partial charge in [-0.05, 0) is 54.5 Å². The first kappa shape index (κ1) is 30.9. The number of rotatable bonds is 7. The Morgan fingerprint density at radius 1 is 1.05 bits per heavy atom. The number of benzene rings is 2. The first-order valence-electron chi connectivity index (χ1n) is 15.1. The number of halogens is 1. The molecule has 5 rings (SSSR count). The molecule has 0 radical (unpaired) electrons. The monoisotopic (exact) mass is 608 g/mol. The lowest BCUT2D eigenvalue weighted by atomic mass is 9.84. The van der Waals surface area contributed by atoms with Crippen molar-refractivity contribution in [2.75, 3.05) is 38.6 Å². The van der Waals surface area contributed by atoms with E-state index in [1.807, 2.05) is 41.3 Å². The summed E-state index contributed by atoms with van der Waals surface area (Å²) in [5.41, 5.74) is 4.77. The van der Waals surface area contributed by atoms with Crippen LogP contribution in [-0.4, -0.2) is 69.3 Å². The molecule has 10 heteroatoms. The topological polar surface area (TPSA) is 90.0 Å². The molecule has 1 unspecified atom stereocenters. The van der Waals surface area contributed by atoms with E-state index >= 15 is 0 Å². The van der Waals surface area contributed by atoms with E-state index in [0.717, 1.165) is 40.3 Å². The van der Waals surface area contributed by atoms with Gasteiger partial charge in [0, 0.05) is 48.7 Å². The number of nitrogens with one attached hydrogen (secondary N) is 1. The highest BCUT2D eigenvalue weighted by molar-refractivity contribution is 7.87. The van der Waals surface area contributed by atoms with E-state index in [0.29, 0.717) is 42.3 Å². The van der Waals surface area contributed by atoms with Gasteiger partial charge in [0.25, 0.3) is 11.8 Å². The summed E-state index contributed by atoms with van der Waals surface area (Å²) in [6.07, 6.45) is 8.52. The summed E-state index contributed by atoms with van der Waals surface area (Å²) in [6.45, 7) is 5.19. The Hall–Kier alpha value is -3.50. The number of alkyl halides is 1. The van der Waals surface area contributed by atoms with E-state index in [1.165, 1.54) is 33.4 Å². The zero-order valence-corrected chi connectivity index (χ0v) is 25.8. The molecule has 1 atom stereocenters. The summed E-state index contributed by atoms with van der Waals surface area (Å²) in [5.74, 6) is -0.467. The molecule has 3 aliphatic rings. The zero-order valence-electron chi connectivity index (χ0n) is 25.0. The lowest BCUT2D eigenvalue weighted by Gasteiger charge is -2.33. The average Bonchev–Trinajstić information content (AvgIpc) is 3.13. The van der Waals surface area contributed by atoms with E-state index in [4.69, 9.17) is 0 Å². The molecule has 0 bridgehead atoms. The second kappa shape index (κ2) is 13.0. The van der Waals surface area contributed by atoms with Gasteiger partial charge < -0.3 is 9.80 Å². The molecular weight excluding hydrogens is 567 g/mol. The van der Waals surface area contributed by atoms with Gasteiger partial charge >= 0.3 is 10.2 Å². The van der Waals surface area contributed by atoms with Crippen LogP contribution >= 0.6 is 0 Å². The molecule has 1 aliphatic carbocycles. The van der Waals surface area contributed by atoms with Gasteiger partial charge in [0.1, 0.15) is 6.17 Å². The fourth-order valence-corrected chi connectivity index (χ4v) is 6.84. The third kappa shape index (κ3) is 7.02. The SMILES string of the molecule is C=C1c2ccccc2C=C(C(=O)N2CCCC(F)C2)CN1c1cc(C(=O)NS(=O)(=O)N(C)C)ccc1CC1CCCCC1. The van der Waals surface area contributed by atoms with Crippen LogP contribution in [-0.2, 0) is 21.4 Å². The quantitative estimate of drug-likeness (QED) is 0.468. The molecule has 2 aromatic carbocycles. The Balaban J connectivity index is 1.57. The number of nitrogens with zero attached hydrogens (tertiary/aromatic N) is 3. The molecular formula is C33H41FN4O4S. The number of hydrogen-bond acceptors (Lipinski definition) is 5.